The van der Waals surface area contributed by atoms with E-state index in [-0.39, 0.29) is 6.79 Å². The van der Waals surface area contributed by atoms with Gasteiger partial charge in [0.05, 0.1) is 11.1 Å². The molecule has 4 heteroatoms. The monoisotopic (exact) mass is 217 g/mol. The first-order chi connectivity index (χ1) is 7.83. The number of aromatic nitrogens is 1. The predicted molar refractivity (Wildman–Crippen MR) is 59.0 cm³/mol. The van der Waals surface area contributed by atoms with E-state index in [2.05, 4.69) is 9.72 Å². The van der Waals surface area contributed by atoms with Crippen LogP contribution in [0.15, 0.2) is 36.5 Å². The standard InChI is InChI=1S/C12H11NO3/c1-15-8-16-12(14)10-4-2-6-11-9(10)5-3-7-13-11/h2-7H,8H2,1H3. The first-order valence-corrected chi connectivity index (χ1v) is 4.83. The summed E-state index contributed by atoms with van der Waals surface area (Å²) < 4.78 is 9.58. The lowest BCUT2D eigenvalue weighted by Crippen LogP contribution is -2.08. The molecular formula is C12H11NO3. The van der Waals surface area contributed by atoms with Crippen molar-refractivity contribution in [1.29, 1.82) is 0 Å². The van der Waals surface area contributed by atoms with E-state index in [4.69, 9.17) is 4.74 Å². The van der Waals surface area contributed by atoms with Crippen LogP contribution in [0.5, 0.6) is 0 Å². The van der Waals surface area contributed by atoms with Crippen molar-refractivity contribution < 1.29 is 14.3 Å². The molecule has 0 aliphatic carbocycles. The summed E-state index contributed by atoms with van der Waals surface area (Å²) in [6.07, 6.45) is 1.69. The average molecular weight is 217 g/mol. The Morgan fingerprint density at radius 3 is 3.00 bits per heavy atom. The topological polar surface area (TPSA) is 48.4 Å². The highest BCUT2D eigenvalue weighted by Crippen LogP contribution is 2.17. The van der Waals surface area contributed by atoms with E-state index in [9.17, 15) is 4.79 Å². The first-order valence-electron chi connectivity index (χ1n) is 4.83. The van der Waals surface area contributed by atoms with E-state index >= 15 is 0 Å². The maximum Gasteiger partial charge on any atom is 0.340 e. The van der Waals surface area contributed by atoms with E-state index in [1.807, 2.05) is 12.1 Å². The summed E-state index contributed by atoms with van der Waals surface area (Å²) in [4.78, 5) is 15.9. The van der Waals surface area contributed by atoms with Crippen LogP contribution in [0.1, 0.15) is 10.4 Å². The number of nitrogens with zero attached hydrogens (tertiary/aromatic N) is 1. The maximum absolute atomic E-state index is 11.7. The lowest BCUT2D eigenvalue weighted by Gasteiger charge is -2.05. The van der Waals surface area contributed by atoms with Gasteiger partial charge < -0.3 is 9.47 Å². The molecule has 0 atom stereocenters. The van der Waals surface area contributed by atoms with Crippen LogP contribution in [0.4, 0.5) is 0 Å². The van der Waals surface area contributed by atoms with Crippen molar-refractivity contribution in [2.45, 2.75) is 0 Å². The Kier molecular flexibility index (Phi) is 3.12. The van der Waals surface area contributed by atoms with Crippen molar-refractivity contribution in [1.82, 2.24) is 4.98 Å². The number of ether oxygens (including phenoxy) is 2. The summed E-state index contributed by atoms with van der Waals surface area (Å²) in [5.41, 5.74) is 1.28. The third kappa shape index (κ3) is 2.01. The number of hydrogen-bond donors (Lipinski definition) is 0. The SMILES string of the molecule is COCOC(=O)c1cccc2ncccc12. The summed E-state index contributed by atoms with van der Waals surface area (Å²) in [6, 6.07) is 8.96. The van der Waals surface area contributed by atoms with Crippen LogP contribution in [0, 0.1) is 0 Å². The zero-order chi connectivity index (χ0) is 11.4. The second-order valence-corrected chi connectivity index (χ2v) is 3.21. The Hall–Kier alpha value is -1.94. The van der Waals surface area contributed by atoms with Gasteiger partial charge in [-0.15, -0.1) is 0 Å². The number of benzene rings is 1. The minimum atomic E-state index is -0.402. The lowest BCUT2D eigenvalue weighted by molar-refractivity contribution is -0.0123. The van der Waals surface area contributed by atoms with E-state index in [1.165, 1.54) is 7.11 Å². The highest BCUT2D eigenvalue weighted by atomic mass is 16.7. The minimum Gasteiger partial charge on any atom is -0.435 e. The molecule has 2 rings (SSSR count). The van der Waals surface area contributed by atoms with E-state index in [0.717, 1.165) is 10.9 Å². The van der Waals surface area contributed by atoms with Gasteiger partial charge in [-0.3, -0.25) is 4.98 Å². The maximum atomic E-state index is 11.7. The molecule has 0 saturated carbocycles. The fourth-order valence-electron chi connectivity index (χ4n) is 1.47. The molecule has 0 aliphatic rings. The van der Waals surface area contributed by atoms with Crippen LogP contribution in [-0.2, 0) is 9.47 Å². The van der Waals surface area contributed by atoms with Gasteiger partial charge in [-0.1, -0.05) is 12.1 Å². The summed E-state index contributed by atoms with van der Waals surface area (Å²) in [6.45, 7) is -0.0461. The third-order valence-corrected chi connectivity index (χ3v) is 2.17. The molecule has 0 aliphatic heterocycles. The molecule has 1 heterocycles. The number of hydrogen-bond acceptors (Lipinski definition) is 4. The normalized spacial score (nSPS) is 10.3. The molecule has 82 valence electrons. The molecule has 16 heavy (non-hydrogen) atoms. The Morgan fingerprint density at radius 1 is 1.31 bits per heavy atom. The molecule has 0 unspecified atom stereocenters. The summed E-state index contributed by atoms with van der Waals surface area (Å²) >= 11 is 0. The van der Waals surface area contributed by atoms with Crippen molar-refractivity contribution in [2.24, 2.45) is 0 Å². The minimum absolute atomic E-state index is 0.0461. The summed E-state index contributed by atoms with van der Waals surface area (Å²) in [5.74, 6) is -0.402. The molecule has 0 N–H and O–H groups in total. The van der Waals surface area contributed by atoms with Crippen LogP contribution in [0.25, 0.3) is 10.9 Å². The van der Waals surface area contributed by atoms with Crippen molar-refractivity contribution in [3.05, 3.63) is 42.1 Å². The Morgan fingerprint density at radius 2 is 2.19 bits per heavy atom. The largest absolute Gasteiger partial charge is 0.435 e. The van der Waals surface area contributed by atoms with Crippen molar-refractivity contribution >= 4 is 16.9 Å². The fraction of sp³-hybridized carbons (Fsp3) is 0.167. The Balaban J connectivity index is 2.40. The molecule has 0 radical (unpaired) electrons. The molecule has 0 fully saturated rings. The van der Waals surface area contributed by atoms with Crippen molar-refractivity contribution in [2.75, 3.05) is 13.9 Å². The molecule has 4 nitrogen and oxygen atoms in total. The first kappa shape index (κ1) is 10.6. The van der Waals surface area contributed by atoms with Gasteiger partial charge in [0, 0.05) is 18.7 Å². The van der Waals surface area contributed by atoms with E-state index < -0.39 is 5.97 Å². The number of esters is 1. The average Bonchev–Trinajstić information content (AvgIpc) is 2.35. The molecule has 1 aromatic carbocycles. The quantitative estimate of drug-likeness (QED) is 0.582. The number of carbonyl (C=O) groups excluding carboxylic acids is 1. The highest BCUT2D eigenvalue weighted by molar-refractivity contribution is 6.03. The van der Waals surface area contributed by atoms with Gasteiger partial charge in [-0.2, -0.15) is 0 Å². The van der Waals surface area contributed by atoms with E-state index in [1.54, 1.807) is 24.4 Å². The number of fused-ring (bicyclic) bond motifs is 1. The highest BCUT2D eigenvalue weighted by Gasteiger charge is 2.10. The molecule has 0 spiro atoms. The molecule has 1 aromatic heterocycles. The zero-order valence-electron chi connectivity index (χ0n) is 8.84. The summed E-state index contributed by atoms with van der Waals surface area (Å²) in [7, 11) is 1.47. The van der Waals surface area contributed by atoms with Crippen LogP contribution in [0.2, 0.25) is 0 Å². The number of carbonyl (C=O) groups is 1. The zero-order valence-corrected chi connectivity index (χ0v) is 8.84. The summed E-state index contributed by atoms with van der Waals surface area (Å²) in [5, 5.41) is 0.783. The van der Waals surface area contributed by atoms with E-state index in [0.29, 0.717) is 5.56 Å². The van der Waals surface area contributed by atoms with Gasteiger partial charge in [0.15, 0.2) is 6.79 Å². The fourth-order valence-corrected chi connectivity index (χ4v) is 1.47. The van der Waals surface area contributed by atoms with Crippen LogP contribution in [-0.4, -0.2) is 24.9 Å². The lowest BCUT2D eigenvalue weighted by atomic mass is 10.1. The number of rotatable bonds is 3. The third-order valence-electron chi connectivity index (χ3n) is 2.17. The smallest absolute Gasteiger partial charge is 0.340 e. The Bertz CT molecular complexity index is 505. The predicted octanol–water partition coefficient (Wildman–Crippen LogP) is 2.00. The van der Waals surface area contributed by atoms with Gasteiger partial charge in [0.25, 0.3) is 0 Å². The van der Waals surface area contributed by atoms with Crippen molar-refractivity contribution in [3.8, 4) is 0 Å². The van der Waals surface area contributed by atoms with Crippen LogP contribution < -0.4 is 0 Å². The molecule has 2 aromatic rings. The molecular weight excluding hydrogens is 206 g/mol. The van der Waals surface area contributed by atoms with Gasteiger partial charge in [0.1, 0.15) is 0 Å². The number of pyridine rings is 1. The van der Waals surface area contributed by atoms with Gasteiger partial charge in [-0.05, 0) is 18.2 Å². The van der Waals surface area contributed by atoms with Gasteiger partial charge in [-0.25, -0.2) is 4.79 Å². The van der Waals surface area contributed by atoms with Gasteiger partial charge >= 0.3 is 5.97 Å². The molecule has 0 bridgehead atoms. The molecule has 0 amide bonds. The Labute approximate surface area is 92.8 Å². The van der Waals surface area contributed by atoms with Gasteiger partial charge in [0.2, 0.25) is 0 Å². The second kappa shape index (κ2) is 4.72. The second-order valence-electron chi connectivity index (χ2n) is 3.21. The van der Waals surface area contributed by atoms with Crippen LogP contribution in [0.3, 0.4) is 0 Å². The molecule has 0 saturated heterocycles. The van der Waals surface area contributed by atoms with Crippen LogP contribution >= 0.6 is 0 Å². The van der Waals surface area contributed by atoms with Crippen molar-refractivity contribution in [3.63, 3.8) is 0 Å². The number of methoxy groups -OCH3 is 1.